The van der Waals surface area contributed by atoms with Crippen LogP contribution in [-0.2, 0) is 0 Å². The van der Waals surface area contributed by atoms with Crippen molar-refractivity contribution in [2.45, 2.75) is 78.7 Å². The van der Waals surface area contributed by atoms with Crippen LogP contribution in [0.15, 0.2) is 0 Å². The normalized spacial score (nSPS) is 19.8. The maximum Gasteiger partial charge on any atom is 0.0147 e. The first-order valence-electron chi connectivity index (χ1n) is 8.73. The molecule has 0 aromatic rings. The first-order valence-corrected chi connectivity index (χ1v) is 8.73. The summed E-state index contributed by atoms with van der Waals surface area (Å²) in [4.78, 5) is 2.61. The van der Waals surface area contributed by atoms with Gasteiger partial charge in [0.05, 0.1) is 0 Å². The second-order valence-electron chi connectivity index (χ2n) is 8.11. The van der Waals surface area contributed by atoms with Gasteiger partial charge in [0, 0.05) is 18.6 Å². The minimum Gasteiger partial charge on any atom is -0.316 e. The molecule has 0 aromatic heterocycles. The van der Waals surface area contributed by atoms with E-state index in [4.69, 9.17) is 0 Å². The summed E-state index contributed by atoms with van der Waals surface area (Å²) < 4.78 is 0. The van der Waals surface area contributed by atoms with Gasteiger partial charge in [-0.15, -0.1) is 0 Å². The van der Waals surface area contributed by atoms with Crippen LogP contribution in [-0.4, -0.2) is 37.1 Å². The second-order valence-corrected chi connectivity index (χ2v) is 8.11. The molecule has 1 N–H and O–H groups in total. The van der Waals surface area contributed by atoms with Gasteiger partial charge in [-0.1, -0.05) is 40.0 Å². The van der Waals surface area contributed by atoms with Crippen LogP contribution < -0.4 is 5.32 Å². The van der Waals surface area contributed by atoms with Gasteiger partial charge in [0.15, 0.2) is 0 Å². The molecule has 0 amide bonds. The molecule has 0 saturated heterocycles. The Kier molecular flexibility index (Phi) is 7.00. The highest BCUT2D eigenvalue weighted by atomic mass is 15.2. The second kappa shape index (κ2) is 7.79. The smallest absolute Gasteiger partial charge is 0.0147 e. The molecule has 0 atom stereocenters. The Labute approximate surface area is 127 Å². The molecule has 0 heterocycles. The molecule has 20 heavy (non-hydrogen) atoms. The number of nitrogens with zero attached hydrogens (tertiary/aromatic N) is 1. The lowest BCUT2D eigenvalue weighted by Gasteiger charge is -2.45. The average Bonchev–Trinajstić information content (AvgIpc) is 2.39. The molecular weight excluding hydrogens is 244 g/mol. The molecule has 0 aliphatic heterocycles. The first-order chi connectivity index (χ1) is 9.31. The van der Waals surface area contributed by atoms with Gasteiger partial charge >= 0.3 is 0 Å². The highest BCUT2D eigenvalue weighted by Gasteiger charge is 2.35. The maximum absolute atomic E-state index is 3.74. The first kappa shape index (κ1) is 18.0. The quantitative estimate of drug-likeness (QED) is 0.714. The third-order valence-electron chi connectivity index (χ3n) is 5.44. The molecule has 2 nitrogen and oxygen atoms in total. The van der Waals surface area contributed by atoms with E-state index in [1.807, 2.05) is 0 Å². The lowest BCUT2D eigenvalue weighted by molar-refractivity contribution is 0.0559. The molecule has 1 fully saturated rings. The summed E-state index contributed by atoms with van der Waals surface area (Å²) in [6, 6.07) is 0. The molecule has 2 heteroatoms. The van der Waals surface area contributed by atoms with Crippen molar-refractivity contribution >= 4 is 0 Å². The van der Waals surface area contributed by atoms with Crippen LogP contribution in [0.1, 0.15) is 73.1 Å². The summed E-state index contributed by atoms with van der Waals surface area (Å²) in [7, 11) is 2.32. The summed E-state index contributed by atoms with van der Waals surface area (Å²) >= 11 is 0. The fraction of sp³-hybridized carbons (Fsp3) is 1.00. The van der Waals surface area contributed by atoms with E-state index in [1.165, 1.54) is 51.6 Å². The van der Waals surface area contributed by atoms with Gasteiger partial charge in [-0.2, -0.15) is 0 Å². The van der Waals surface area contributed by atoms with Gasteiger partial charge in [-0.25, -0.2) is 0 Å². The van der Waals surface area contributed by atoms with Gasteiger partial charge in [-0.3, -0.25) is 0 Å². The SMILES string of the molecule is CCC(C)(C)N(C)CC1(CNCC(C)C)CCCCC1. The van der Waals surface area contributed by atoms with Crippen molar-refractivity contribution in [3.05, 3.63) is 0 Å². The maximum atomic E-state index is 3.74. The molecule has 0 spiro atoms. The molecular formula is C18H38N2. The number of rotatable bonds is 8. The van der Waals surface area contributed by atoms with E-state index in [0.29, 0.717) is 11.0 Å². The van der Waals surface area contributed by atoms with Crippen LogP contribution in [0.4, 0.5) is 0 Å². The molecule has 1 aliphatic rings. The fourth-order valence-electron chi connectivity index (χ4n) is 3.31. The summed E-state index contributed by atoms with van der Waals surface area (Å²) in [5, 5.41) is 3.74. The monoisotopic (exact) mass is 282 g/mol. The van der Waals surface area contributed by atoms with Crippen LogP contribution in [0.2, 0.25) is 0 Å². The molecule has 0 aromatic carbocycles. The Morgan fingerprint density at radius 2 is 1.75 bits per heavy atom. The van der Waals surface area contributed by atoms with E-state index < -0.39 is 0 Å². The Balaban J connectivity index is 2.63. The Morgan fingerprint density at radius 3 is 2.25 bits per heavy atom. The van der Waals surface area contributed by atoms with E-state index in [-0.39, 0.29) is 0 Å². The molecule has 0 bridgehead atoms. The van der Waals surface area contributed by atoms with Gasteiger partial charge in [0.2, 0.25) is 0 Å². The van der Waals surface area contributed by atoms with E-state index in [1.54, 1.807) is 0 Å². The zero-order valence-electron chi connectivity index (χ0n) is 14.9. The van der Waals surface area contributed by atoms with Crippen LogP contribution in [0.25, 0.3) is 0 Å². The van der Waals surface area contributed by atoms with E-state index in [2.05, 4.69) is 51.9 Å². The van der Waals surface area contributed by atoms with Crippen molar-refractivity contribution in [3.63, 3.8) is 0 Å². The van der Waals surface area contributed by atoms with Crippen molar-refractivity contribution in [1.82, 2.24) is 10.2 Å². The van der Waals surface area contributed by atoms with Crippen molar-refractivity contribution in [2.24, 2.45) is 11.3 Å². The lowest BCUT2D eigenvalue weighted by atomic mass is 9.73. The third kappa shape index (κ3) is 5.37. The van der Waals surface area contributed by atoms with Gasteiger partial charge in [0.25, 0.3) is 0 Å². The highest BCUT2D eigenvalue weighted by Crippen LogP contribution is 2.38. The third-order valence-corrected chi connectivity index (χ3v) is 5.44. The van der Waals surface area contributed by atoms with Crippen molar-refractivity contribution in [1.29, 1.82) is 0 Å². The molecule has 1 aliphatic carbocycles. The topological polar surface area (TPSA) is 15.3 Å². The Hall–Kier alpha value is -0.0800. The fourth-order valence-corrected chi connectivity index (χ4v) is 3.31. The standard InChI is InChI=1S/C18H38N2/c1-7-17(4,5)20(6)15-18(11-9-8-10-12-18)14-19-13-16(2)3/h16,19H,7-15H2,1-6H3. The zero-order valence-corrected chi connectivity index (χ0v) is 14.9. The van der Waals surface area contributed by atoms with Crippen LogP contribution >= 0.6 is 0 Å². The molecule has 1 saturated carbocycles. The van der Waals surface area contributed by atoms with Crippen LogP contribution in [0, 0.1) is 11.3 Å². The minimum absolute atomic E-state index is 0.322. The minimum atomic E-state index is 0.322. The molecule has 0 radical (unpaired) electrons. The van der Waals surface area contributed by atoms with Crippen molar-refractivity contribution in [3.8, 4) is 0 Å². The van der Waals surface area contributed by atoms with Crippen LogP contribution in [0.5, 0.6) is 0 Å². The Bertz CT molecular complexity index is 265. The number of hydrogen-bond acceptors (Lipinski definition) is 2. The number of hydrogen-bond donors (Lipinski definition) is 1. The van der Waals surface area contributed by atoms with Gasteiger partial charge in [0.1, 0.15) is 0 Å². The van der Waals surface area contributed by atoms with Crippen molar-refractivity contribution < 1.29 is 0 Å². The zero-order chi connectivity index (χ0) is 15.2. The van der Waals surface area contributed by atoms with E-state index in [0.717, 1.165) is 12.5 Å². The van der Waals surface area contributed by atoms with Crippen LogP contribution in [0.3, 0.4) is 0 Å². The summed E-state index contributed by atoms with van der Waals surface area (Å²) in [6.45, 7) is 15.3. The summed E-state index contributed by atoms with van der Waals surface area (Å²) in [5.41, 5.74) is 0.830. The summed E-state index contributed by atoms with van der Waals surface area (Å²) in [5.74, 6) is 0.750. The Morgan fingerprint density at radius 1 is 1.15 bits per heavy atom. The average molecular weight is 283 g/mol. The number of nitrogens with one attached hydrogen (secondary N) is 1. The van der Waals surface area contributed by atoms with Crippen molar-refractivity contribution in [2.75, 3.05) is 26.7 Å². The highest BCUT2D eigenvalue weighted by molar-refractivity contribution is 4.90. The summed E-state index contributed by atoms with van der Waals surface area (Å²) in [6.07, 6.45) is 8.31. The molecule has 1 rings (SSSR count). The van der Waals surface area contributed by atoms with Gasteiger partial charge < -0.3 is 10.2 Å². The lowest BCUT2D eigenvalue weighted by Crippen LogP contribution is -2.50. The van der Waals surface area contributed by atoms with E-state index >= 15 is 0 Å². The predicted octanol–water partition coefficient (Wildman–Crippen LogP) is 4.30. The molecule has 0 unspecified atom stereocenters. The van der Waals surface area contributed by atoms with Gasteiger partial charge in [-0.05, 0) is 58.0 Å². The molecule has 120 valence electrons. The largest absolute Gasteiger partial charge is 0.316 e. The predicted molar refractivity (Wildman–Crippen MR) is 90.2 cm³/mol. The van der Waals surface area contributed by atoms with E-state index in [9.17, 15) is 0 Å².